The largest absolute Gasteiger partial charge is 0.280 e. The van der Waals surface area contributed by atoms with Crippen molar-refractivity contribution in [3.63, 3.8) is 0 Å². The van der Waals surface area contributed by atoms with Crippen LogP contribution in [0.15, 0.2) is 6.07 Å². The Labute approximate surface area is 82.4 Å². The highest BCUT2D eigenvalue weighted by Crippen LogP contribution is 2.22. The van der Waals surface area contributed by atoms with Gasteiger partial charge in [-0.1, -0.05) is 20.8 Å². The molecule has 0 saturated heterocycles. The van der Waals surface area contributed by atoms with Gasteiger partial charge in [0.05, 0.1) is 0 Å². The summed E-state index contributed by atoms with van der Waals surface area (Å²) in [7, 11) is 0. The fourth-order valence-corrected chi connectivity index (χ4v) is 1.04. The van der Waals surface area contributed by atoms with Gasteiger partial charge in [0.25, 0.3) is 6.43 Å². The Balaban J connectivity index is 3.21. The average Bonchev–Trinajstić information content (AvgIpc) is 2.01. The maximum Gasteiger partial charge on any atom is 0.280 e. The lowest BCUT2D eigenvalue weighted by atomic mass is 9.95. The number of aryl methyl sites for hydroxylation is 1. The molecule has 1 aromatic rings. The summed E-state index contributed by atoms with van der Waals surface area (Å²) in [6.07, 6.45) is -2.53. The van der Waals surface area contributed by atoms with E-state index in [-0.39, 0.29) is 11.1 Å². The summed E-state index contributed by atoms with van der Waals surface area (Å²) in [4.78, 5) is 7.99. The SMILES string of the molecule is Cc1cc(C(F)F)nc(C(C)(C)C)n1. The van der Waals surface area contributed by atoms with Crippen molar-refractivity contribution in [3.05, 3.63) is 23.3 Å². The number of hydrogen-bond acceptors (Lipinski definition) is 2. The van der Waals surface area contributed by atoms with Gasteiger partial charge in [0.1, 0.15) is 11.5 Å². The second-order valence-electron chi connectivity index (χ2n) is 4.31. The molecule has 0 amide bonds. The van der Waals surface area contributed by atoms with Gasteiger partial charge in [-0.3, -0.25) is 0 Å². The van der Waals surface area contributed by atoms with Crippen molar-refractivity contribution in [1.29, 1.82) is 0 Å². The van der Waals surface area contributed by atoms with Gasteiger partial charge < -0.3 is 0 Å². The van der Waals surface area contributed by atoms with Crippen molar-refractivity contribution in [2.45, 2.75) is 39.5 Å². The Morgan fingerprint density at radius 3 is 2.21 bits per heavy atom. The van der Waals surface area contributed by atoms with Crippen molar-refractivity contribution in [2.75, 3.05) is 0 Å². The van der Waals surface area contributed by atoms with Gasteiger partial charge in [-0.05, 0) is 13.0 Å². The molecule has 4 heteroatoms. The van der Waals surface area contributed by atoms with E-state index in [0.717, 1.165) is 0 Å². The first-order chi connectivity index (χ1) is 6.30. The lowest BCUT2D eigenvalue weighted by molar-refractivity contribution is 0.145. The van der Waals surface area contributed by atoms with Crippen molar-refractivity contribution >= 4 is 0 Å². The third kappa shape index (κ3) is 2.47. The number of alkyl halides is 2. The van der Waals surface area contributed by atoms with Crippen LogP contribution in [0.25, 0.3) is 0 Å². The minimum absolute atomic E-state index is 0.192. The summed E-state index contributed by atoms with van der Waals surface area (Å²) in [5.74, 6) is 0.466. The van der Waals surface area contributed by atoms with Gasteiger partial charge in [-0.2, -0.15) is 0 Å². The van der Waals surface area contributed by atoms with E-state index < -0.39 is 6.43 Å². The fraction of sp³-hybridized carbons (Fsp3) is 0.600. The summed E-state index contributed by atoms with van der Waals surface area (Å²) in [5.41, 5.74) is 0.0954. The molecule has 14 heavy (non-hydrogen) atoms. The van der Waals surface area contributed by atoms with E-state index >= 15 is 0 Å². The summed E-state index contributed by atoms with van der Waals surface area (Å²) in [6.45, 7) is 7.40. The second kappa shape index (κ2) is 3.59. The predicted octanol–water partition coefficient (Wildman–Crippen LogP) is 3.02. The van der Waals surface area contributed by atoms with E-state index in [1.807, 2.05) is 20.8 Å². The van der Waals surface area contributed by atoms with Gasteiger partial charge in [0.2, 0.25) is 0 Å². The quantitative estimate of drug-likeness (QED) is 0.696. The fourth-order valence-electron chi connectivity index (χ4n) is 1.04. The molecular weight excluding hydrogens is 186 g/mol. The first-order valence-corrected chi connectivity index (χ1v) is 4.45. The molecule has 0 aliphatic carbocycles. The molecule has 78 valence electrons. The van der Waals surface area contributed by atoms with Crippen molar-refractivity contribution < 1.29 is 8.78 Å². The van der Waals surface area contributed by atoms with Crippen molar-refractivity contribution in [1.82, 2.24) is 9.97 Å². The normalized spacial score (nSPS) is 12.2. The van der Waals surface area contributed by atoms with E-state index in [0.29, 0.717) is 11.5 Å². The van der Waals surface area contributed by atoms with E-state index in [1.54, 1.807) is 6.92 Å². The monoisotopic (exact) mass is 200 g/mol. The molecule has 0 radical (unpaired) electrons. The molecule has 0 atom stereocenters. The minimum atomic E-state index is -2.53. The number of hydrogen-bond donors (Lipinski definition) is 0. The van der Waals surface area contributed by atoms with E-state index in [1.165, 1.54) is 6.07 Å². The van der Waals surface area contributed by atoms with Gasteiger partial charge >= 0.3 is 0 Å². The minimum Gasteiger partial charge on any atom is -0.238 e. The Morgan fingerprint density at radius 2 is 1.79 bits per heavy atom. The van der Waals surface area contributed by atoms with Crippen LogP contribution in [0.4, 0.5) is 8.78 Å². The first kappa shape index (κ1) is 11.0. The van der Waals surface area contributed by atoms with Gasteiger partial charge in [-0.15, -0.1) is 0 Å². The highest BCUT2D eigenvalue weighted by molar-refractivity contribution is 5.14. The highest BCUT2D eigenvalue weighted by atomic mass is 19.3. The van der Waals surface area contributed by atoms with Crippen LogP contribution in [-0.2, 0) is 5.41 Å². The second-order valence-corrected chi connectivity index (χ2v) is 4.31. The zero-order chi connectivity index (χ0) is 10.9. The summed E-state index contributed by atoms with van der Waals surface area (Å²) < 4.78 is 24.8. The number of aromatic nitrogens is 2. The molecule has 0 fully saturated rings. The first-order valence-electron chi connectivity index (χ1n) is 4.45. The van der Waals surface area contributed by atoms with Crippen LogP contribution >= 0.6 is 0 Å². The Morgan fingerprint density at radius 1 is 1.21 bits per heavy atom. The molecule has 0 spiro atoms. The van der Waals surface area contributed by atoms with Crippen LogP contribution < -0.4 is 0 Å². The van der Waals surface area contributed by atoms with Crippen LogP contribution in [-0.4, -0.2) is 9.97 Å². The third-order valence-corrected chi connectivity index (χ3v) is 1.77. The van der Waals surface area contributed by atoms with Gasteiger partial charge in [0, 0.05) is 11.1 Å². The lowest BCUT2D eigenvalue weighted by Gasteiger charge is -2.17. The van der Waals surface area contributed by atoms with Crippen molar-refractivity contribution in [3.8, 4) is 0 Å². The smallest absolute Gasteiger partial charge is 0.238 e. The van der Waals surface area contributed by atoms with Gasteiger partial charge in [0.15, 0.2) is 0 Å². The zero-order valence-electron chi connectivity index (χ0n) is 8.81. The molecule has 1 aromatic heterocycles. The maximum atomic E-state index is 12.4. The molecule has 0 saturated carbocycles. The molecule has 0 aromatic carbocycles. The molecule has 1 rings (SSSR count). The number of halogens is 2. The molecule has 0 aliphatic heterocycles. The molecular formula is C10H14F2N2. The predicted molar refractivity (Wildman–Crippen MR) is 50.4 cm³/mol. The average molecular weight is 200 g/mol. The van der Waals surface area contributed by atoms with E-state index in [9.17, 15) is 8.78 Å². The maximum absolute atomic E-state index is 12.4. The van der Waals surface area contributed by atoms with Crippen LogP contribution in [0, 0.1) is 6.92 Å². The van der Waals surface area contributed by atoms with Crippen molar-refractivity contribution in [2.24, 2.45) is 0 Å². The van der Waals surface area contributed by atoms with Crippen LogP contribution in [0.5, 0.6) is 0 Å². The molecule has 2 nitrogen and oxygen atoms in total. The van der Waals surface area contributed by atoms with E-state index in [2.05, 4.69) is 9.97 Å². The van der Waals surface area contributed by atoms with Crippen LogP contribution in [0.1, 0.15) is 44.4 Å². The zero-order valence-corrected chi connectivity index (χ0v) is 8.81. The van der Waals surface area contributed by atoms with Crippen LogP contribution in [0.3, 0.4) is 0 Å². The molecule has 0 unspecified atom stereocenters. The van der Waals surface area contributed by atoms with Crippen LogP contribution in [0.2, 0.25) is 0 Å². The highest BCUT2D eigenvalue weighted by Gasteiger charge is 2.20. The van der Waals surface area contributed by atoms with Gasteiger partial charge in [-0.25, -0.2) is 18.7 Å². The number of nitrogens with zero attached hydrogens (tertiary/aromatic N) is 2. The lowest BCUT2D eigenvalue weighted by Crippen LogP contribution is -2.17. The summed E-state index contributed by atoms with van der Waals surface area (Å²) in [6, 6.07) is 1.32. The molecule has 0 aliphatic rings. The molecule has 0 bridgehead atoms. The molecule has 0 N–H and O–H groups in total. The summed E-state index contributed by atoms with van der Waals surface area (Å²) in [5, 5.41) is 0. The summed E-state index contributed by atoms with van der Waals surface area (Å²) >= 11 is 0. The Bertz CT molecular complexity index is 329. The standard InChI is InChI=1S/C10H14F2N2/c1-6-5-7(8(11)12)14-9(13-6)10(2,3)4/h5,8H,1-4H3. The van der Waals surface area contributed by atoms with E-state index in [4.69, 9.17) is 0 Å². The Kier molecular flexibility index (Phi) is 2.83. The molecule has 1 heterocycles. The number of rotatable bonds is 1. The third-order valence-electron chi connectivity index (χ3n) is 1.77. The Hall–Kier alpha value is -1.06. The topological polar surface area (TPSA) is 25.8 Å².